The molecule has 0 amide bonds. The van der Waals surface area contributed by atoms with E-state index in [-0.39, 0.29) is 12.0 Å². The number of carbonyl (C=O) groups is 1. The van der Waals surface area contributed by atoms with Crippen molar-refractivity contribution in [1.82, 2.24) is 0 Å². The minimum absolute atomic E-state index is 0.0367. The second kappa shape index (κ2) is 4.34. The maximum absolute atomic E-state index is 10.9. The van der Waals surface area contributed by atoms with Crippen molar-refractivity contribution in [2.75, 3.05) is 5.32 Å². The van der Waals surface area contributed by atoms with Crippen LogP contribution in [-0.4, -0.2) is 17.1 Å². The summed E-state index contributed by atoms with van der Waals surface area (Å²) in [6.07, 6.45) is 1.66. The zero-order valence-corrected chi connectivity index (χ0v) is 9.79. The molecule has 0 spiro atoms. The number of halogens is 1. The number of carboxylic acid groups (broad SMARTS) is 1. The molecule has 1 fully saturated rings. The van der Waals surface area contributed by atoms with Gasteiger partial charge in [-0.05, 0) is 37.5 Å². The van der Waals surface area contributed by atoms with Gasteiger partial charge in [0.05, 0.1) is 5.92 Å². The van der Waals surface area contributed by atoms with Gasteiger partial charge >= 0.3 is 5.97 Å². The normalized spacial score (nSPS) is 23.6. The van der Waals surface area contributed by atoms with Crippen molar-refractivity contribution in [3.8, 4) is 0 Å². The molecule has 0 aliphatic heterocycles. The molecule has 1 saturated carbocycles. The number of hydrogen-bond acceptors (Lipinski definition) is 2. The number of nitrogens with one attached hydrogen (secondary N) is 1. The number of aryl methyl sites for hydroxylation is 1. The minimum atomic E-state index is -0.719. The highest BCUT2D eigenvalue weighted by Gasteiger charge is 2.36. The first kappa shape index (κ1) is 11.3. The molecule has 16 heavy (non-hydrogen) atoms. The second-order valence-electron chi connectivity index (χ2n) is 4.23. The second-order valence-corrected chi connectivity index (χ2v) is 4.67. The summed E-state index contributed by atoms with van der Waals surface area (Å²) in [5.41, 5.74) is 2.02. The van der Waals surface area contributed by atoms with Gasteiger partial charge in [0, 0.05) is 16.8 Å². The van der Waals surface area contributed by atoms with Crippen molar-refractivity contribution >= 4 is 23.3 Å². The molecule has 1 aliphatic rings. The smallest absolute Gasteiger partial charge is 0.308 e. The third kappa shape index (κ3) is 2.14. The Kier molecular flexibility index (Phi) is 3.06. The van der Waals surface area contributed by atoms with E-state index in [1.54, 1.807) is 0 Å². The lowest BCUT2D eigenvalue weighted by molar-refractivity contribution is -0.144. The monoisotopic (exact) mass is 239 g/mol. The van der Waals surface area contributed by atoms with Gasteiger partial charge in [0.2, 0.25) is 0 Å². The predicted octanol–water partition coefficient (Wildman–Crippen LogP) is 2.92. The fraction of sp³-hybridized carbons (Fsp3) is 0.417. The quantitative estimate of drug-likeness (QED) is 0.853. The average Bonchev–Trinajstić information content (AvgIpc) is 2.16. The van der Waals surface area contributed by atoms with E-state index in [0.29, 0.717) is 5.02 Å². The highest BCUT2D eigenvalue weighted by atomic mass is 35.5. The van der Waals surface area contributed by atoms with Gasteiger partial charge in [-0.25, -0.2) is 0 Å². The summed E-state index contributed by atoms with van der Waals surface area (Å²) in [7, 11) is 0. The zero-order valence-electron chi connectivity index (χ0n) is 9.03. The molecule has 0 radical (unpaired) electrons. The number of hydrogen-bond donors (Lipinski definition) is 2. The van der Waals surface area contributed by atoms with E-state index in [2.05, 4.69) is 5.32 Å². The van der Waals surface area contributed by atoms with Gasteiger partial charge in [0.25, 0.3) is 0 Å². The molecule has 1 aromatic rings. The maximum atomic E-state index is 10.9. The molecule has 1 aromatic carbocycles. The lowest BCUT2D eigenvalue weighted by atomic mass is 9.79. The standard InChI is InChI=1S/C12H14ClNO2/c1-7-2-3-8(13)6-11(7)14-10-5-4-9(10)12(15)16/h2-3,6,9-10,14H,4-5H2,1H3,(H,15,16). The minimum Gasteiger partial charge on any atom is -0.481 e. The predicted molar refractivity (Wildman–Crippen MR) is 64.0 cm³/mol. The van der Waals surface area contributed by atoms with Crippen LogP contribution in [0.15, 0.2) is 18.2 Å². The summed E-state index contributed by atoms with van der Waals surface area (Å²) >= 11 is 5.90. The molecule has 2 rings (SSSR count). The first-order chi connectivity index (χ1) is 7.58. The van der Waals surface area contributed by atoms with Crippen molar-refractivity contribution in [3.05, 3.63) is 28.8 Å². The lowest BCUT2D eigenvalue weighted by Crippen LogP contribution is -2.43. The molecular formula is C12H14ClNO2. The van der Waals surface area contributed by atoms with E-state index in [9.17, 15) is 4.79 Å². The molecule has 4 heteroatoms. The van der Waals surface area contributed by atoms with Crippen molar-refractivity contribution in [3.63, 3.8) is 0 Å². The fourth-order valence-corrected chi connectivity index (χ4v) is 2.09. The van der Waals surface area contributed by atoms with Gasteiger partial charge in [0.15, 0.2) is 0 Å². The van der Waals surface area contributed by atoms with Gasteiger partial charge < -0.3 is 10.4 Å². The topological polar surface area (TPSA) is 49.3 Å². The van der Waals surface area contributed by atoms with Crippen LogP contribution in [0.25, 0.3) is 0 Å². The number of aliphatic carboxylic acids is 1. The van der Waals surface area contributed by atoms with Crippen LogP contribution in [0.3, 0.4) is 0 Å². The van der Waals surface area contributed by atoms with Crippen LogP contribution in [0.4, 0.5) is 5.69 Å². The summed E-state index contributed by atoms with van der Waals surface area (Å²) in [5.74, 6) is -0.984. The molecular weight excluding hydrogens is 226 g/mol. The molecule has 0 heterocycles. The van der Waals surface area contributed by atoms with E-state index >= 15 is 0 Å². The zero-order chi connectivity index (χ0) is 11.7. The molecule has 3 nitrogen and oxygen atoms in total. The first-order valence-electron chi connectivity index (χ1n) is 5.33. The molecule has 2 N–H and O–H groups in total. The SMILES string of the molecule is Cc1ccc(Cl)cc1NC1CCC1C(=O)O. The van der Waals surface area contributed by atoms with Gasteiger partial charge in [-0.2, -0.15) is 0 Å². The third-order valence-electron chi connectivity index (χ3n) is 3.13. The summed E-state index contributed by atoms with van der Waals surface area (Å²) < 4.78 is 0. The Morgan fingerprint density at radius 1 is 1.50 bits per heavy atom. The van der Waals surface area contributed by atoms with Crippen LogP contribution in [-0.2, 0) is 4.79 Å². The number of carboxylic acids is 1. The van der Waals surface area contributed by atoms with Crippen LogP contribution < -0.4 is 5.32 Å². The summed E-state index contributed by atoms with van der Waals surface area (Å²) in [6.45, 7) is 1.98. The largest absolute Gasteiger partial charge is 0.481 e. The molecule has 1 aliphatic carbocycles. The Morgan fingerprint density at radius 2 is 2.25 bits per heavy atom. The highest BCUT2D eigenvalue weighted by Crippen LogP contribution is 2.32. The Morgan fingerprint density at radius 3 is 2.81 bits per heavy atom. The molecule has 0 bridgehead atoms. The molecule has 86 valence electrons. The Balaban J connectivity index is 2.09. The first-order valence-corrected chi connectivity index (χ1v) is 5.71. The Labute approximate surface area is 99.4 Å². The average molecular weight is 240 g/mol. The highest BCUT2D eigenvalue weighted by molar-refractivity contribution is 6.30. The van der Waals surface area contributed by atoms with Gasteiger partial charge in [0.1, 0.15) is 0 Å². The van der Waals surface area contributed by atoms with E-state index in [1.165, 1.54) is 0 Å². The Bertz CT molecular complexity index is 419. The summed E-state index contributed by atoms with van der Waals surface area (Å²) in [5, 5.41) is 12.9. The number of benzene rings is 1. The van der Waals surface area contributed by atoms with Gasteiger partial charge in [-0.15, -0.1) is 0 Å². The maximum Gasteiger partial charge on any atom is 0.308 e. The summed E-state index contributed by atoms with van der Waals surface area (Å²) in [6, 6.07) is 5.64. The van der Waals surface area contributed by atoms with Crippen LogP contribution in [0.2, 0.25) is 5.02 Å². The van der Waals surface area contributed by atoms with Crippen LogP contribution in [0, 0.1) is 12.8 Å². The molecule has 2 unspecified atom stereocenters. The van der Waals surface area contributed by atoms with Gasteiger partial charge in [-0.1, -0.05) is 17.7 Å². The van der Waals surface area contributed by atoms with Crippen molar-refractivity contribution < 1.29 is 9.90 Å². The number of anilines is 1. The summed E-state index contributed by atoms with van der Waals surface area (Å²) in [4.78, 5) is 10.9. The third-order valence-corrected chi connectivity index (χ3v) is 3.37. The van der Waals surface area contributed by atoms with E-state index < -0.39 is 5.97 Å². The van der Waals surface area contributed by atoms with Crippen molar-refractivity contribution in [2.45, 2.75) is 25.8 Å². The molecule has 0 aromatic heterocycles. The van der Waals surface area contributed by atoms with Crippen LogP contribution >= 0.6 is 11.6 Å². The van der Waals surface area contributed by atoms with E-state index in [0.717, 1.165) is 24.1 Å². The number of rotatable bonds is 3. The van der Waals surface area contributed by atoms with Crippen LogP contribution in [0.5, 0.6) is 0 Å². The van der Waals surface area contributed by atoms with Gasteiger partial charge in [-0.3, -0.25) is 4.79 Å². The van der Waals surface area contributed by atoms with Crippen molar-refractivity contribution in [1.29, 1.82) is 0 Å². The lowest BCUT2D eigenvalue weighted by Gasteiger charge is -2.35. The fourth-order valence-electron chi connectivity index (χ4n) is 1.92. The van der Waals surface area contributed by atoms with Crippen LogP contribution in [0.1, 0.15) is 18.4 Å². The van der Waals surface area contributed by atoms with E-state index in [4.69, 9.17) is 16.7 Å². The Hall–Kier alpha value is -1.22. The van der Waals surface area contributed by atoms with E-state index in [1.807, 2.05) is 25.1 Å². The van der Waals surface area contributed by atoms with Crippen molar-refractivity contribution in [2.24, 2.45) is 5.92 Å². The molecule has 2 atom stereocenters. The molecule has 0 saturated heterocycles.